The number of rotatable bonds is 7. The number of nitrogens with two attached hydrogens (primary N) is 1. The lowest BCUT2D eigenvalue weighted by Gasteiger charge is -2.04. The van der Waals surface area contributed by atoms with Gasteiger partial charge in [-0.25, -0.2) is 0 Å². The summed E-state index contributed by atoms with van der Waals surface area (Å²) < 4.78 is 5.38. The maximum atomic E-state index is 6.08. The van der Waals surface area contributed by atoms with E-state index in [9.17, 15) is 0 Å². The van der Waals surface area contributed by atoms with E-state index < -0.39 is 0 Å². The van der Waals surface area contributed by atoms with Crippen LogP contribution in [0.15, 0.2) is 22.7 Å². The molecule has 1 unspecified atom stereocenters. The number of fused-ring (bicyclic) bond motifs is 1. The average molecular weight is 299 g/mol. The minimum absolute atomic E-state index is 0.188. The van der Waals surface area contributed by atoms with Gasteiger partial charge in [-0.15, -0.1) is 0 Å². The van der Waals surface area contributed by atoms with Crippen molar-refractivity contribution >= 4 is 0 Å². The molecule has 0 fully saturated rings. The van der Waals surface area contributed by atoms with Gasteiger partial charge in [0.05, 0.1) is 0 Å². The number of hydrogen-bond acceptors (Lipinski definition) is 4. The van der Waals surface area contributed by atoms with Crippen LogP contribution in [0.4, 0.5) is 0 Å². The molecule has 3 rings (SSSR count). The number of aryl methyl sites for hydroxylation is 2. The quantitative estimate of drug-likeness (QED) is 0.778. The highest BCUT2D eigenvalue weighted by Crippen LogP contribution is 2.32. The molecule has 0 bridgehead atoms. The Morgan fingerprint density at radius 1 is 1.23 bits per heavy atom. The van der Waals surface area contributed by atoms with Crippen molar-refractivity contribution in [3.8, 4) is 11.4 Å². The second kappa shape index (κ2) is 7.05. The minimum Gasteiger partial charge on any atom is -0.339 e. The molecule has 1 aliphatic carbocycles. The molecule has 0 aliphatic heterocycles. The highest BCUT2D eigenvalue weighted by Gasteiger charge is 2.20. The van der Waals surface area contributed by atoms with Crippen molar-refractivity contribution in [2.75, 3.05) is 0 Å². The summed E-state index contributed by atoms with van der Waals surface area (Å²) in [6, 6.07) is 6.52. The minimum atomic E-state index is 0.188. The summed E-state index contributed by atoms with van der Waals surface area (Å²) in [7, 11) is 0. The van der Waals surface area contributed by atoms with Crippen molar-refractivity contribution in [2.24, 2.45) is 5.73 Å². The number of nitrogens with zero attached hydrogens (tertiary/aromatic N) is 2. The molecule has 1 aromatic heterocycles. The van der Waals surface area contributed by atoms with Crippen molar-refractivity contribution in [3.05, 3.63) is 35.2 Å². The van der Waals surface area contributed by atoms with Crippen LogP contribution in [0.25, 0.3) is 11.4 Å². The molecule has 1 heterocycles. The van der Waals surface area contributed by atoms with Crippen LogP contribution in [0.5, 0.6) is 0 Å². The van der Waals surface area contributed by atoms with Gasteiger partial charge in [-0.1, -0.05) is 49.9 Å². The van der Waals surface area contributed by atoms with Gasteiger partial charge in [0.1, 0.15) is 0 Å². The van der Waals surface area contributed by atoms with Gasteiger partial charge in [0, 0.05) is 18.0 Å². The summed E-state index contributed by atoms with van der Waals surface area (Å²) in [5.74, 6) is 1.45. The zero-order valence-corrected chi connectivity index (χ0v) is 13.3. The lowest BCUT2D eigenvalue weighted by molar-refractivity contribution is 0.374. The molecule has 4 nitrogen and oxygen atoms in total. The molecule has 2 N–H and O–H groups in total. The van der Waals surface area contributed by atoms with Crippen LogP contribution >= 0.6 is 0 Å². The fourth-order valence-electron chi connectivity index (χ4n) is 3.14. The van der Waals surface area contributed by atoms with Crippen LogP contribution in [0.2, 0.25) is 0 Å². The van der Waals surface area contributed by atoms with Crippen molar-refractivity contribution in [2.45, 2.75) is 64.3 Å². The Balaban J connectivity index is 1.62. The third kappa shape index (κ3) is 3.38. The molecule has 22 heavy (non-hydrogen) atoms. The fourth-order valence-corrected chi connectivity index (χ4v) is 3.14. The first-order valence-corrected chi connectivity index (χ1v) is 8.49. The standard InChI is InChI=1S/C18H25N3O/c1-2-3-4-5-6-7-17-20-18(21-22-17)14-8-10-15-13(12-14)9-11-16(15)19/h8,10,12,16H,2-7,9,11,19H2,1H3. The Hall–Kier alpha value is -1.68. The number of hydrogen-bond donors (Lipinski definition) is 1. The maximum absolute atomic E-state index is 6.08. The molecule has 1 aromatic carbocycles. The van der Waals surface area contributed by atoms with Gasteiger partial charge in [0.2, 0.25) is 11.7 Å². The van der Waals surface area contributed by atoms with Gasteiger partial charge in [-0.3, -0.25) is 0 Å². The van der Waals surface area contributed by atoms with Crippen LogP contribution in [0, 0.1) is 0 Å². The molecule has 0 saturated heterocycles. The van der Waals surface area contributed by atoms with Gasteiger partial charge in [-0.2, -0.15) is 4.98 Å². The summed E-state index contributed by atoms with van der Waals surface area (Å²) in [4.78, 5) is 4.53. The van der Waals surface area contributed by atoms with Crippen LogP contribution in [-0.2, 0) is 12.8 Å². The summed E-state index contributed by atoms with van der Waals surface area (Å²) in [6.07, 6.45) is 9.21. The molecule has 1 aliphatic rings. The molecule has 0 amide bonds. The monoisotopic (exact) mass is 299 g/mol. The fraction of sp³-hybridized carbons (Fsp3) is 0.556. The highest BCUT2D eigenvalue weighted by atomic mass is 16.5. The number of unbranched alkanes of at least 4 members (excludes halogenated alkanes) is 4. The van der Waals surface area contributed by atoms with Crippen LogP contribution in [-0.4, -0.2) is 10.1 Å². The molecule has 2 aromatic rings. The zero-order valence-electron chi connectivity index (χ0n) is 13.3. The second-order valence-electron chi connectivity index (χ2n) is 6.23. The topological polar surface area (TPSA) is 64.9 Å². The van der Waals surface area contributed by atoms with E-state index in [0.717, 1.165) is 37.1 Å². The van der Waals surface area contributed by atoms with E-state index in [1.807, 2.05) is 0 Å². The zero-order chi connectivity index (χ0) is 15.4. The molecule has 1 atom stereocenters. The first kappa shape index (κ1) is 15.2. The Bertz CT molecular complexity index is 621. The predicted molar refractivity (Wildman–Crippen MR) is 87.4 cm³/mol. The molecular weight excluding hydrogens is 274 g/mol. The molecule has 0 radical (unpaired) electrons. The summed E-state index contributed by atoms with van der Waals surface area (Å²) in [6.45, 7) is 2.23. The molecule has 118 valence electrons. The van der Waals surface area contributed by atoms with E-state index in [0.29, 0.717) is 5.82 Å². The summed E-state index contributed by atoms with van der Waals surface area (Å²) in [5, 5.41) is 4.13. The average Bonchev–Trinajstić information content (AvgIpc) is 3.14. The lowest BCUT2D eigenvalue weighted by Crippen LogP contribution is -2.04. The first-order chi connectivity index (χ1) is 10.8. The molecule has 0 saturated carbocycles. The smallest absolute Gasteiger partial charge is 0.226 e. The number of aromatic nitrogens is 2. The predicted octanol–water partition coefficient (Wildman–Crippen LogP) is 4.20. The molecule has 0 spiro atoms. The van der Waals surface area contributed by atoms with Gasteiger partial charge >= 0.3 is 0 Å². The Labute approximate surface area is 132 Å². The van der Waals surface area contributed by atoms with Crippen molar-refractivity contribution in [3.63, 3.8) is 0 Å². The van der Waals surface area contributed by atoms with Gasteiger partial charge < -0.3 is 10.3 Å². The van der Waals surface area contributed by atoms with Crippen LogP contribution < -0.4 is 5.73 Å². The van der Waals surface area contributed by atoms with Crippen molar-refractivity contribution in [1.82, 2.24) is 10.1 Å². The summed E-state index contributed by atoms with van der Waals surface area (Å²) in [5.41, 5.74) is 9.71. The first-order valence-electron chi connectivity index (χ1n) is 8.49. The Morgan fingerprint density at radius 3 is 2.95 bits per heavy atom. The maximum Gasteiger partial charge on any atom is 0.226 e. The van der Waals surface area contributed by atoms with Gasteiger partial charge in [-0.05, 0) is 36.5 Å². The molecule has 4 heteroatoms. The van der Waals surface area contributed by atoms with E-state index in [-0.39, 0.29) is 6.04 Å². The third-order valence-electron chi connectivity index (χ3n) is 4.49. The lowest BCUT2D eigenvalue weighted by atomic mass is 10.0. The van der Waals surface area contributed by atoms with Crippen LogP contribution in [0.3, 0.4) is 0 Å². The van der Waals surface area contributed by atoms with E-state index in [1.54, 1.807) is 0 Å². The van der Waals surface area contributed by atoms with E-state index >= 15 is 0 Å². The second-order valence-corrected chi connectivity index (χ2v) is 6.23. The summed E-state index contributed by atoms with van der Waals surface area (Å²) >= 11 is 0. The van der Waals surface area contributed by atoms with E-state index in [2.05, 4.69) is 35.3 Å². The largest absolute Gasteiger partial charge is 0.339 e. The van der Waals surface area contributed by atoms with E-state index in [1.165, 1.54) is 36.8 Å². The van der Waals surface area contributed by atoms with E-state index in [4.69, 9.17) is 10.3 Å². The van der Waals surface area contributed by atoms with Gasteiger partial charge in [0.25, 0.3) is 0 Å². The third-order valence-corrected chi connectivity index (χ3v) is 4.49. The van der Waals surface area contributed by atoms with Crippen molar-refractivity contribution < 1.29 is 4.52 Å². The number of benzene rings is 1. The SMILES string of the molecule is CCCCCCCc1nc(-c2ccc3c(c2)CCC3N)no1. The Morgan fingerprint density at radius 2 is 2.09 bits per heavy atom. The highest BCUT2D eigenvalue weighted by molar-refractivity contribution is 5.58. The Kier molecular flexibility index (Phi) is 4.88. The normalized spacial score (nSPS) is 16.9. The van der Waals surface area contributed by atoms with Crippen molar-refractivity contribution in [1.29, 1.82) is 0 Å². The van der Waals surface area contributed by atoms with Crippen LogP contribution in [0.1, 0.15) is 68.5 Å². The molecular formula is C18H25N3O. The van der Waals surface area contributed by atoms with Gasteiger partial charge in [0.15, 0.2) is 0 Å².